The largest absolute Gasteiger partial charge is 1.00 e. The highest BCUT2D eigenvalue weighted by Crippen LogP contribution is 2.29. The summed E-state index contributed by atoms with van der Waals surface area (Å²) in [6, 6.07) is 19.7. The predicted molar refractivity (Wildman–Crippen MR) is 83.2 cm³/mol. The van der Waals surface area contributed by atoms with Crippen molar-refractivity contribution in [1.29, 1.82) is 0 Å². The van der Waals surface area contributed by atoms with Crippen LogP contribution in [0, 0.1) is 0 Å². The van der Waals surface area contributed by atoms with Crippen LogP contribution in [0.1, 0.15) is 5.56 Å². The van der Waals surface area contributed by atoms with Gasteiger partial charge in [0.25, 0.3) is 0 Å². The summed E-state index contributed by atoms with van der Waals surface area (Å²) in [5.41, 5.74) is 1.46. The van der Waals surface area contributed by atoms with E-state index in [1.165, 1.54) is 27.1 Å². The third-order valence-corrected chi connectivity index (χ3v) is 3.52. The Bertz CT molecular complexity index is 687. The summed E-state index contributed by atoms with van der Waals surface area (Å²) in [6.45, 7) is 1.04. The zero-order valence-corrected chi connectivity index (χ0v) is 13.0. The van der Waals surface area contributed by atoms with Crippen LogP contribution in [0.4, 0.5) is 0 Å². The second-order valence-corrected chi connectivity index (χ2v) is 6.25. The lowest BCUT2D eigenvalue weighted by molar-refractivity contribution is -0.883. The van der Waals surface area contributed by atoms with Crippen molar-refractivity contribution in [1.82, 2.24) is 0 Å². The molecule has 20 heavy (non-hydrogen) atoms. The molecule has 0 bridgehead atoms. The number of hydrogen-bond acceptors (Lipinski definition) is 0. The Balaban J connectivity index is 0.00000147. The summed E-state index contributed by atoms with van der Waals surface area (Å²) >= 11 is 0. The molecular weight excluding hydrogens is 266 g/mol. The van der Waals surface area contributed by atoms with Crippen molar-refractivity contribution in [2.75, 3.05) is 21.1 Å². The van der Waals surface area contributed by atoms with Crippen LogP contribution in [0.5, 0.6) is 0 Å². The number of halogens is 1. The van der Waals surface area contributed by atoms with Crippen molar-refractivity contribution in [2.24, 2.45) is 0 Å². The van der Waals surface area contributed by atoms with Gasteiger partial charge in [0.15, 0.2) is 0 Å². The van der Waals surface area contributed by atoms with Crippen LogP contribution in [0.15, 0.2) is 54.6 Å². The van der Waals surface area contributed by atoms with E-state index in [4.69, 9.17) is 0 Å². The van der Waals surface area contributed by atoms with Gasteiger partial charge in [0.1, 0.15) is 6.54 Å². The lowest BCUT2D eigenvalue weighted by Gasteiger charge is -2.25. The molecule has 0 saturated heterocycles. The van der Waals surface area contributed by atoms with E-state index in [0.717, 1.165) is 11.0 Å². The van der Waals surface area contributed by atoms with Crippen molar-refractivity contribution in [3.8, 4) is 0 Å². The maximum absolute atomic E-state index is 2.30. The molecule has 0 aliphatic heterocycles. The Morgan fingerprint density at radius 2 is 1.20 bits per heavy atom. The van der Waals surface area contributed by atoms with E-state index in [1.54, 1.807) is 0 Å². The molecule has 0 saturated carbocycles. The molecule has 0 radical (unpaired) electrons. The first kappa shape index (κ1) is 14.8. The van der Waals surface area contributed by atoms with Crippen LogP contribution in [0.25, 0.3) is 21.5 Å². The van der Waals surface area contributed by atoms with Gasteiger partial charge in [-0.2, -0.15) is 0 Å². The van der Waals surface area contributed by atoms with Gasteiger partial charge in [-0.05, 0) is 27.6 Å². The molecule has 0 amide bonds. The third-order valence-electron chi connectivity index (χ3n) is 3.52. The number of fused-ring (bicyclic) bond motifs is 2. The fourth-order valence-electron chi connectivity index (χ4n) is 2.75. The molecule has 0 aromatic heterocycles. The van der Waals surface area contributed by atoms with Gasteiger partial charge in [-0.15, -0.1) is 0 Å². The Kier molecular flexibility index (Phi) is 4.03. The molecule has 0 unspecified atom stereocenters. The van der Waals surface area contributed by atoms with Gasteiger partial charge >= 0.3 is 0 Å². The van der Waals surface area contributed by atoms with E-state index in [0.29, 0.717) is 0 Å². The van der Waals surface area contributed by atoms with Crippen LogP contribution in [-0.2, 0) is 6.54 Å². The molecule has 0 N–H and O–H groups in total. The topological polar surface area (TPSA) is 0 Å². The molecule has 2 heteroatoms. The molecular formula is C18H20ClN. The molecule has 1 nitrogen and oxygen atoms in total. The molecule has 0 aliphatic rings. The first-order chi connectivity index (χ1) is 9.04. The SMILES string of the molecule is C[N+](C)(C)Cc1c2ccccc2cc2ccccc12.[Cl-]. The van der Waals surface area contributed by atoms with Gasteiger partial charge in [0.2, 0.25) is 0 Å². The molecule has 104 valence electrons. The Labute approximate surface area is 126 Å². The Morgan fingerprint density at radius 1 is 0.750 bits per heavy atom. The molecule has 0 heterocycles. The third kappa shape index (κ3) is 2.79. The van der Waals surface area contributed by atoms with E-state index >= 15 is 0 Å². The Morgan fingerprint density at radius 3 is 1.65 bits per heavy atom. The molecule has 0 aliphatic carbocycles. The van der Waals surface area contributed by atoms with Gasteiger partial charge in [-0.1, -0.05) is 48.5 Å². The number of rotatable bonds is 2. The van der Waals surface area contributed by atoms with Crippen molar-refractivity contribution in [2.45, 2.75) is 6.54 Å². The standard InChI is InChI=1S/C18H20N.ClH/c1-19(2,3)13-18-16-10-6-4-8-14(16)12-15-9-5-7-11-17(15)18;/h4-12H,13H2,1-3H3;1H/q+1;/p-1. The minimum Gasteiger partial charge on any atom is -1.00 e. The monoisotopic (exact) mass is 285 g/mol. The predicted octanol–water partition coefficient (Wildman–Crippen LogP) is 1.20. The highest BCUT2D eigenvalue weighted by atomic mass is 35.5. The normalized spacial score (nSPS) is 11.6. The van der Waals surface area contributed by atoms with Gasteiger partial charge in [-0.3, -0.25) is 0 Å². The van der Waals surface area contributed by atoms with Gasteiger partial charge in [-0.25, -0.2) is 0 Å². The highest BCUT2D eigenvalue weighted by molar-refractivity contribution is 6.02. The highest BCUT2D eigenvalue weighted by Gasteiger charge is 2.14. The molecule has 0 spiro atoms. The summed E-state index contributed by atoms with van der Waals surface area (Å²) in [5, 5.41) is 5.44. The molecule has 3 rings (SSSR count). The number of nitrogens with zero attached hydrogens (tertiary/aromatic N) is 1. The van der Waals surface area contributed by atoms with E-state index in [2.05, 4.69) is 75.7 Å². The summed E-state index contributed by atoms with van der Waals surface area (Å²) in [5.74, 6) is 0. The maximum atomic E-state index is 2.30. The summed E-state index contributed by atoms with van der Waals surface area (Å²) < 4.78 is 0.942. The second-order valence-electron chi connectivity index (χ2n) is 6.25. The van der Waals surface area contributed by atoms with Crippen molar-refractivity contribution < 1.29 is 16.9 Å². The second kappa shape index (κ2) is 5.43. The number of benzene rings is 3. The minimum absolute atomic E-state index is 0. The quantitative estimate of drug-likeness (QED) is 0.490. The van der Waals surface area contributed by atoms with Gasteiger partial charge < -0.3 is 16.9 Å². The first-order valence-corrected chi connectivity index (χ1v) is 6.74. The average Bonchev–Trinajstić information content (AvgIpc) is 2.37. The lowest BCUT2D eigenvalue weighted by Crippen LogP contribution is -3.00. The number of hydrogen-bond donors (Lipinski definition) is 0. The van der Waals surface area contributed by atoms with Crippen molar-refractivity contribution in [3.63, 3.8) is 0 Å². The van der Waals surface area contributed by atoms with Crippen molar-refractivity contribution >= 4 is 21.5 Å². The number of quaternary nitrogens is 1. The fraction of sp³-hybridized carbons (Fsp3) is 0.222. The van der Waals surface area contributed by atoms with E-state index in [-0.39, 0.29) is 12.4 Å². The van der Waals surface area contributed by atoms with E-state index < -0.39 is 0 Å². The molecule has 3 aromatic carbocycles. The van der Waals surface area contributed by atoms with Crippen LogP contribution in [0.2, 0.25) is 0 Å². The van der Waals surface area contributed by atoms with Crippen LogP contribution >= 0.6 is 0 Å². The van der Waals surface area contributed by atoms with E-state index in [1.807, 2.05) is 0 Å². The van der Waals surface area contributed by atoms with E-state index in [9.17, 15) is 0 Å². The maximum Gasteiger partial charge on any atom is 0.105 e. The van der Waals surface area contributed by atoms with Crippen molar-refractivity contribution in [3.05, 3.63) is 60.2 Å². The summed E-state index contributed by atoms with van der Waals surface area (Å²) in [7, 11) is 6.74. The zero-order chi connectivity index (χ0) is 13.5. The Hall–Kier alpha value is -1.57. The zero-order valence-electron chi connectivity index (χ0n) is 12.2. The summed E-state index contributed by atoms with van der Waals surface area (Å²) in [6.07, 6.45) is 0. The molecule has 0 atom stereocenters. The van der Waals surface area contributed by atoms with Gasteiger partial charge in [0, 0.05) is 5.56 Å². The summed E-state index contributed by atoms with van der Waals surface area (Å²) in [4.78, 5) is 0. The fourth-order valence-corrected chi connectivity index (χ4v) is 2.75. The van der Waals surface area contributed by atoms with Crippen LogP contribution < -0.4 is 12.4 Å². The lowest BCUT2D eigenvalue weighted by atomic mass is 9.96. The minimum atomic E-state index is 0. The van der Waals surface area contributed by atoms with Gasteiger partial charge in [0.05, 0.1) is 21.1 Å². The van der Waals surface area contributed by atoms with Crippen LogP contribution in [0.3, 0.4) is 0 Å². The molecule has 3 aromatic rings. The molecule has 0 fully saturated rings. The van der Waals surface area contributed by atoms with Crippen LogP contribution in [-0.4, -0.2) is 25.6 Å². The average molecular weight is 286 g/mol. The smallest absolute Gasteiger partial charge is 0.105 e. The first-order valence-electron chi connectivity index (χ1n) is 6.74.